The molecule has 28 heavy (non-hydrogen) atoms. The van der Waals surface area contributed by atoms with Gasteiger partial charge >= 0.3 is 5.97 Å². The summed E-state index contributed by atoms with van der Waals surface area (Å²) < 4.78 is 21.1. The Kier molecular flexibility index (Phi) is 6.03. The highest BCUT2D eigenvalue weighted by atomic mass is 16.7. The summed E-state index contributed by atoms with van der Waals surface area (Å²) in [5, 5.41) is 4.12. The first-order valence-corrected chi connectivity index (χ1v) is 8.86. The summed E-state index contributed by atoms with van der Waals surface area (Å²) in [6.45, 7) is 0. The fourth-order valence-electron chi connectivity index (χ4n) is 3.21. The molecule has 0 radical (unpaired) electrons. The van der Waals surface area contributed by atoms with Crippen LogP contribution in [0, 0.1) is 0 Å². The number of oxime groups is 1. The van der Waals surface area contributed by atoms with Crippen molar-refractivity contribution in [2.24, 2.45) is 5.16 Å². The lowest BCUT2D eigenvalue weighted by molar-refractivity contribution is 0.0514. The van der Waals surface area contributed by atoms with E-state index in [-0.39, 0.29) is 5.56 Å². The lowest BCUT2D eigenvalue weighted by atomic mass is 9.90. The molecule has 0 atom stereocenters. The Labute approximate surface area is 163 Å². The molecule has 0 saturated heterocycles. The number of carbonyl (C=O) groups excluding carboxylic acids is 1. The van der Waals surface area contributed by atoms with Crippen LogP contribution >= 0.6 is 0 Å². The molecule has 0 bridgehead atoms. The second-order valence-corrected chi connectivity index (χ2v) is 6.21. The van der Waals surface area contributed by atoms with Gasteiger partial charge in [-0.25, -0.2) is 4.79 Å². The highest BCUT2D eigenvalue weighted by Gasteiger charge is 2.20. The van der Waals surface area contributed by atoms with Crippen molar-refractivity contribution >= 4 is 11.7 Å². The van der Waals surface area contributed by atoms with E-state index in [2.05, 4.69) is 5.16 Å². The minimum absolute atomic E-state index is 0.254. The summed E-state index contributed by atoms with van der Waals surface area (Å²) in [7, 11) is 6.11. The van der Waals surface area contributed by atoms with E-state index in [0.29, 0.717) is 17.2 Å². The van der Waals surface area contributed by atoms with Gasteiger partial charge in [0.2, 0.25) is 5.75 Å². The minimum atomic E-state index is -0.604. The van der Waals surface area contributed by atoms with E-state index in [9.17, 15) is 4.79 Å². The number of rotatable bonds is 6. The Hall–Kier alpha value is -3.22. The summed E-state index contributed by atoms with van der Waals surface area (Å²) in [4.78, 5) is 17.8. The van der Waals surface area contributed by atoms with Gasteiger partial charge in [-0.15, -0.1) is 0 Å². The van der Waals surface area contributed by atoms with Gasteiger partial charge in [-0.3, -0.25) is 0 Å². The molecule has 2 aromatic carbocycles. The third-order valence-corrected chi connectivity index (χ3v) is 4.62. The van der Waals surface area contributed by atoms with Crippen molar-refractivity contribution in [1.82, 2.24) is 0 Å². The molecule has 0 aliphatic heterocycles. The lowest BCUT2D eigenvalue weighted by Crippen LogP contribution is -2.14. The Balaban J connectivity index is 1.85. The van der Waals surface area contributed by atoms with Gasteiger partial charge in [0.1, 0.15) is 5.75 Å². The van der Waals surface area contributed by atoms with Crippen LogP contribution in [0.2, 0.25) is 0 Å². The zero-order valence-electron chi connectivity index (χ0n) is 16.4. The number of ether oxygens (including phenoxy) is 4. The molecule has 0 heterocycles. The molecule has 0 spiro atoms. The van der Waals surface area contributed by atoms with Crippen molar-refractivity contribution in [3.63, 3.8) is 0 Å². The van der Waals surface area contributed by atoms with Crippen molar-refractivity contribution in [1.29, 1.82) is 0 Å². The second kappa shape index (κ2) is 8.65. The van der Waals surface area contributed by atoms with Crippen molar-refractivity contribution in [2.45, 2.75) is 19.3 Å². The quantitative estimate of drug-likeness (QED) is 0.558. The van der Waals surface area contributed by atoms with E-state index >= 15 is 0 Å². The Morgan fingerprint density at radius 2 is 1.61 bits per heavy atom. The fraction of sp³-hybridized carbons (Fsp3) is 0.333. The second-order valence-electron chi connectivity index (χ2n) is 6.21. The number of benzene rings is 2. The SMILES string of the molecule is COc1ccc2c(c1)CCC/C2=N/OC(=O)c1cc(OC)c(OC)c(OC)c1. The molecular formula is C21H23NO6. The van der Waals surface area contributed by atoms with Crippen LogP contribution in [0.25, 0.3) is 0 Å². The van der Waals surface area contributed by atoms with E-state index in [1.54, 1.807) is 7.11 Å². The number of carbonyl (C=O) groups is 1. The molecule has 3 rings (SSSR count). The molecule has 0 aromatic heterocycles. The molecule has 0 amide bonds. The standard InChI is InChI=1S/C21H23NO6/c1-24-15-8-9-16-13(10-15)6-5-7-17(16)22-28-21(23)14-11-18(25-2)20(27-4)19(12-14)26-3/h8-12H,5-7H2,1-4H3/b22-17-. The number of hydrogen-bond donors (Lipinski definition) is 0. The van der Waals surface area contributed by atoms with Crippen LogP contribution in [0.15, 0.2) is 35.5 Å². The third kappa shape index (κ3) is 3.88. The summed E-state index contributed by atoms with van der Waals surface area (Å²) >= 11 is 0. The van der Waals surface area contributed by atoms with E-state index in [0.717, 1.165) is 41.9 Å². The molecule has 2 aromatic rings. The lowest BCUT2D eigenvalue weighted by Gasteiger charge is -2.18. The van der Waals surface area contributed by atoms with Crippen molar-refractivity contribution < 1.29 is 28.6 Å². The van der Waals surface area contributed by atoms with Crippen LogP contribution in [0.3, 0.4) is 0 Å². The van der Waals surface area contributed by atoms with Crippen LogP contribution in [0.1, 0.15) is 34.3 Å². The molecule has 0 saturated carbocycles. The molecular weight excluding hydrogens is 362 g/mol. The first-order chi connectivity index (χ1) is 13.6. The summed E-state index contributed by atoms with van der Waals surface area (Å²) in [5.74, 6) is 1.35. The highest BCUT2D eigenvalue weighted by Crippen LogP contribution is 2.38. The molecule has 0 fully saturated rings. The predicted molar refractivity (Wildman–Crippen MR) is 104 cm³/mol. The van der Waals surface area contributed by atoms with Gasteiger partial charge in [-0.05, 0) is 55.2 Å². The number of aryl methyl sites for hydroxylation is 1. The van der Waals surface area contributed by atoms with Crippen molar-refractivity contribution in [3.8, 4) is 23.0 Å². The summed E-state index contributed by atoms with van der Waals surface area (Å²) in [5.41, 5.74) is 3.10. The molecule has 1 aliphatic rings. The fourth-order valence-corrected chi connectivity index (χ4v) is 3.21. The van der Waals surface area contributed by atoms with Gasteiger partial charge in [-0.2, -0.15) is 0 Å². The maximum absolute atomic E-state index is 12.5. The predicted octanol–water partition coefficient (Wildman–Crippen LogP) is 3.62. The maximum atomic E-state index is 12.5. The van der Waals surface area contributed by atoms with E-state index in [1.165, 1.54) is 33.5 Å². The summed E-state index contributed by atoms with van der Waals surface area (Å²) in [6, 6.07) is 8.87. The Morgan fingerprint density at radius 3 is 2.21 bits per heavy atom. The monoisotopic (exact) mass is 385 g/mol. The average molecular weight is 385 g/mol. The minimum Gasteiger partial charge on any atom is -0.497 e. The van der Waals surface area contributed by atoms with Crippen LogP contribution in [-0.2, 0) is 11.3 Å². The van der Waals surface area contributed by atoms with Crippen LogP contribution < -0.4 is 18.9 Å². The van der Waals surface area contributed by atoms with Crippen molar-refractivity contribution in [3.05, 3.63) is 47.0 Å². The Bertz CT molecular complexity index is 881. The van der Waals surface area contributed by atoms with Gasteiger partial charge in [0.05, 0.1) is 39.7 Å². The van der Waals surface area contributed by atoms with Gasteiger partial charge < -0.3 is 23.8 Å². The van der Waals surface area contributed by atoms with E-state index in [4.69, 9.17) is 23.8 Å². The molecule has 0 N–H and O–H groups in total. The van der Waals surface area contributed by atoms with E-state index in [1.807, 2.05) is 18.2 Å². The van der Waals surface area contributed by atoms with E-state index < -0.39 is 5.97 Å². The molecule has 148 valence electrons. The maximum Gasteiger partial charge on any atom is 0.366 e. The van der Waals surface area contributed by atoms with Gasteiger partial charge in [0, 0.05) is 5.56 Å². The topological polar surface area (TPSA) is 75.6 Å². The smallest absolute Gasteiger partial charge is 0.366 e. The van der Waals surface area contributed by atoms with Crippen LogP contribution in [0.4, 0.5) is 0 Å². The first kappa shape index (κ1) is 19.5. The van der Waals surface area contributed by atoms with Crippen LogP contribution in [-0.4, -0.2) is 40.1 Å². The molecule has 0 unspecified atom stereocenters. The zero-order chi connectivity index (χ0) is 20.1. The highest BCUT2D eigenvalue weighted by molar-refractivity contribution is 6.03. The summed E-state index contributed by atoms with van der Waals surface area (Å²) in [6.07, 6.45) is 2.61. The molecule has 7 nitrogen and oxygen atoms in total. The van der Waals surface area contributed by atoms with Crippen molar-refractivity contribution in [2.75, 3.05) is 28.4 Å². The number of hydrogen-bond acceptors (Lipinski definition) is 7. The van der Waals surface area contributed by atoms with Gasteiger partial charge in [0.15, 0.2) is 11.5 Å². The zero-order valence-corrected chi connectivity index (χ0v) is 16.4. The largest absolute Gasteiger partial charge is 0.497 e. The number of nitrogens with zero attached hydrogens (tertiary/aromatic N) is 1. The number of fused-ring (bicyclic) bond motifs is 1. The normalized spacial score (nSPS) is 14.2. The Morgan fingerprint density at radius 1 is 0.893 bits per heavy atom. The van der Waals surface area contributed by atoms with Crippen LogP contribution in [0.5, 0.6) is 23.0 Å². The molecule has 1 aliphatic carbocycles. The van der Waals surface area contributed by atoms with Gasteiger partial charge in [-0.1, -0.05) is 5.16 Å². The number of methoxy groups -OCH3 is 4. The third-order valence-electron chi connectivity index (χ3n) is 4.62. The molecule has 7 heteroatoms. The first-order valence-electron chi connectivity index (χ1n) is 8.86. The average Bonchev–Trinajstić information content (AvgIpc) is 2.75. The van der Waals surface area contributed by atoms with Gasteiger partial charge in [0.25, 0.3) is 0 Å².